The van der Waals surface area contributed by atoms with E-state index in [0.29, 0.717) is 22.4 Å². The quantitative estimate of drug-likeness (QED) is 0.457. The van der Waals surface area contributed by atoms with E-state index in [4.69, 9.17) is 4.74 Å². The van der Waals surface area contributed by atoms with Gasteiger partial charge in [0, 0.05) is 10.9 Å². The smallest absolute Gasteiger partial charge is 0.338 e. The van der Waals surface area contributed by atoms with Crippen LogP contribution in [0.1, 0.15) is 22.8 Å². The van der Waals surface area contributed by atoms with Crippen LogP contribution in [0.4, 0.5) is 4.39 Å². The van der Waals surface area contributed by atoms with Gasteiger partial charge in [0.2, 0.25) is 0 Å². The molecule has 2 aromatic carbocycles. The molecule has 0 aliphatic rings. The summed E-state index contributed by atoms with van der Waals surface area (Å²) in [7, 11) is 0. The molecule has 0 saturated heterocycles. The summed E-state index contributed by atoms with van der Waals surface area (Å²) in [6.45, 7) is 2.32. The molecule has 29 heavy (non-hydrogen) atoms. The highest BCUT2D eigenvalue weighted by Gasteiger charge is 2.14. The van der Waals surface area contributed by atoms with Crippen molar-refractivity contribution < 1.29 is 13.9 Å². The van der Waals surface area contributed by atoms with Crippen LogP contribution < -0.4 is 5.56 Å². The first-order valence-corrected chi connectivity index (χ1v) is 9.93. The predicted octanol–water partition coefficient (Wildman–Crippen LogP) is 4.49. The lowest BCUT2D eigenvalue weighted by molar-refractivity contribution is 0.0526. The summed E-state index contributed by atoms with van der Waals surface area (Å²) in [6, 6.07) is 13.0. The minimum atomic E-state index is -0.397. The van der Waals surface area contributed by atoms with Gasteiger partial charge in [0.05, 0.1) is 30.4 Å². The van der Waals surface area contributed by atoms with Crippen molar-refractivity contribution >= 4 is 27.5 Å². The van der Waals surface area contributed by atoms with Crippen LogP contribution in [-0.2, 0) is 11.3 Å². The Balaban J connectivity index is 1.72. The van der Waals surface area contributed by atoms with Gasteiger partial charge in [-0.25, -0.2) is 14.2 Å². The molecule has 0 aliphatic heterocycles. The molecule has 0 fully saturated rings. The van der Waals surface area contributed by atoms with Crippen LogP contribution in [0.3, 0.4) is 0 Å². The van der Waals surface area contributed by atoms with E-state index in [9.17, 15) is 14.0 Å². The van der Waals surface area contributed by atoms with E-state index < -0.39 is 5.97 Å². The van der Waals surface area contributed by atoms with Crippen LogP contribution in [0.15, 0.2) is 65.0 Å². The largest absolute Gasteiger partial charge is 0.462 e. The number of hydrogen-bond donors (Lipinski definition) is 0. The average Bonchev–Trinajstić information content (AvgIpc) is 3.16. The Morgan fingerprint density at radius 3 is 2.76 bits per heavy atom. The van der Waals surface area contributed by atoms with E-state index in [1.54, 1.807) is 37.3 Å². The first-order chi connectivity index (χ1) is 14.1. The molecule has 5 nitrogen and oxygen atoms in total. The molecular weight excluding hydrogens is 391 g/mol. The van der Waals surface area contributed by atoms with E-state index in [0.717, 1.165) is 16.7 Å². The van der Waals surface area contributed by atoms with Gasteiger partial charge in [0.15, 0.2) is 0 Å². The standard InChI is InChI=1S/C22H17FN2O3S/c1-2-28-22(27)16-5-3-4-14(10-16)11-25-13-24-20-19(21(25)26)18(12-29-20)15-6-8-17(23)9-7-15/h3-10,12-13H,2,11H2,1H3. The molecule has 0 bridgehead atoms. The number of nitrogens with zero attached hydrogens (tertiary/aromatic N) is 2. The van der Waals surface area contributed by atoms with Gasteiger partial charge in [-0.1, -0.05) is 24.3 Å². The molecule has 0 saturated carbocycles. The minimum absolute atomic E-state index is 0.183. The van der Waals surface area contributed by atoms with Gasteiger partial charge in [0.25, 0.3) is 5.56 Å². The Labute approximate surface area is 170 Å². The number of halogens is 1. The molecule has 0 N–H and O–H groups in total. The maximum Gasteiger partial charge on any atom is 0.338 e. The Morgan fingerprint density at radius 1 is 1.21 bits per heavy atom. The summed E-state index contributed by atoms with van der Waals surface area (Å²) in [6.07, 6.45) is 1.51. The molecule has 0 atom stereocenters. The highest BCUT2D eigenvalue weighted by molar-refractivity contribution is 7.17. The maximum absolute atomic E-state index is 13.3. The van der Waals surface area contributed by atoms with Gasteiger partial charge in [0.1, 0.15) is 10.6 Å². The fourth-order valence-electron chi connectivity index (χ4n) is 3.13. The van der Waals surface area contributed by atoms with Crippen molar-refractivity contribution in [1.29, 1.82) is 0 Å². The van der Waals surface area contributed by atoms with Crippen LogP contribution in [0.25, 0.3) is 21.3 Å². The second-order valence-corrected chi connectivity index (χ2v) is 7.29. The number of benzene rings is 2. The third kappa shape index (κ3) is 3.82. The van der Waals surface area contributed by atoms with Crippen molar-refractivity contribution in [2.75, 3.05) is 6.61 Å². The number of rotatable bonds is 5. The summed E-state index contributed by atoms with van der Waals surface area (Å²) in [5.74, 6) is -0.725. The Bertz CT molecular complexity index is 1250. The van der Waals surface area contributed by atoms with Crippen molar-refractivity contribution in [3.8, 4) is 11.1 Å². The van der Waals surface area contributed by atoms with Crippen molar-refractivity contribution in [3.05, 3.63) is 87.5 Å². The third-order valence-corrected chi connectivity index (χ3v) is 5.39. The Morgan fingerprint density at radius 2 is 2.00 bits per heavy atom. The molecule has 0 radical (unpaired) electrons. The molecule has 4 rings (SSSR count). The summed E-state index contributed by atoms with van der Waals surface area (Å²) in [4.78, 5) is 30.1. The summed E-state index contributed by atoms with van der Waals surface area (Å²) in [5.41, 5.74) is 2.54. The topological polar surface area (TPSA) is 61.2 Å². The molecule has 146 valence electrons. The lowest BCUT2D eigenvalue weighted by atomic mass is 10.1. The minimum Gasteiger partial charge on any atom is -0.462 e. The van der Waals surface area contributed by atoms with Gasteiger partial charge >= 0.3 is 5.97 Å². The van der Waals surface area contributed by atoms with Crippen molar-refractivity contribution in [2.45, 2.75) is 13.5 Å². The fourth-order valence-corrected chi connectivity index (χ4v) is 4.04. The van der Waals surface area contributed by atoms with Gasteiger partial charge in [-0.15, -0.1) is 11.3 Å². The zero-order valence-electron chi connectivity index (χ0n) is 15.6. The number of carbonyl (C=O) groups is 1. The average molecular weight is 408 g/mol. The summed E-state index contributed by atoms with van der Waals surface area (Å²) >= 11 is 1.37. The molecule has 7 heteroatoms. The molecule has 0 aliphatic carbocycles. The highest BCUT2D eigenvalue weighted by atomic mass is 32.1. The molecule has 0 unspecified atom stereocenters. The van der Waals surface area contributed by atoms with Crippen LogP contribution in [-0.4, -0.2) is 22.1 Å². The number of hydrogen-bond acceptors (Lipinski definition) is 5. The molecule has 2 aromatic heterocycles. The zero-order chi connectivity index (χ0) is 20.4. The Hall–Kier alpha value is -3.32. The van der Waals surface area contributed by atoms with E-state index in [1.807, 2.05) is 11.4 Å². The Kier molecular flexibility index (Phi) is 5.22. The second-order valence-electron chi connectivity index (χ2n) is 6.43. The molecule has 0 spiro atoms. The number of fused-ring (bicyclic) bond motifs is 1. The van der Waals surface area contributed by atoms with Crippen LogP contribution in [0, 0.1) is 5.82 Å². The van der Waals surface area contributed by atoms with Crippen molar-refractivity contribution in [2.24, 2.45) is 0 Å². The summed E-state index contributed by atoms with van der Waals surface area (Å²) < 4.78 is 19.8. The number of thiophene rings is 1. The number of aromatic nitrogens is 2. The summed E-state index contributed by atoms with van der Waals surface area (Å²) in [5, 5.41) is 2.36. The highest BCUT2D eigenvalue weighted by Crippen LogP contribution is 2.30. The van der Waals surface area contributed by atoms with E-state index in [2.05, 4.69) is 4.98 Å². The van der Waals surface area contributed by atoms with Crippen molar-refractivity contribution in [1.82, 2.24) is 9.55 Å². The normalized spacial score (nSPS) is 11.0. The zero-order valence-corrected chi connectivity index (χ0v) is 16.4. The third-order valence-electron chi connectivity index (χ3n) is 4.51. The van der Waals surface area contributed by atoms with E-state index in [1.165, 1.54) is 34.4 Å². The van der Waals surface area contributed by atoms with E-state index in [-0.39, 0.29) is 17.9 Å². The van der Waals surface area contributed by atoms with Crippen LogP contribution in [0.5, 0.6) is 0 Å². The lowest BCUT2D eigenvalue weighted by Crippen LogP contribution is -2.21. The number of carbonyl (C=O) groups excluding carboxylic acids is 1. The van der Waals surface area contributed by atoms with Gasteiger partial charge < -0.3 is 4.74 Å². The molecular formula is C22H17FN2O3S. The van der Waals surface area contributed by atoms with Crippen LogP contribution >= 0.6 is 11.3 Å². The van der Waals surface area contributed by atoms with Crippen LogP contribution in [0.2, 0.25) is 0 Å². The molecule has 4 aromatic rings. The number of esters is 1. The van der Waals surface area contributed by atoms with E-state index >= 15 is 0 Å². The van der Waals surface area contributed by atoms with Crippen molar-refractivity contribution in [3.63, 3.8) is 0 Å². The number of ether oxygens (including phenoxy) is 1. The fraction of sp³-hybridized carbons (Fsp3) is 0.136. The molecule has 0 amide bonds. The van der Waals surface area contributed by atoms with Gasteiger partial charge in [-0.2, -0.15) is 0 Å². The maximum atomic E-state index is 13.3. The SMILES string of the molecule is CCOC(=O)c1cccc(Cn2cnc3scc(-c4ccc(F)cc4)c3c2=O)c1. The predicted molar refractivity (Wildman–Crippen MR) is 111 cm³/mol. The lowest BCUT2D eigenvalue weighted by Gasteiger charge is -2.08. The first-order valence-electron chi connectivity index (χ1n) is 9.05. The van der Waals surface area contributed by atoms with Gasteiger partial charge in [-0.05, 0) is 42.3 Å². The second kappa shape index (κ2) is 7.97. The molecule has 2 heterocycles. The monoisotopic (exact) mass is 408 g/mol. The first kappa shape index (κ1) is 19.0. The van der Waals surface area contributed by atoms with Gasteiger partial charge in [-0.3, -0.25) is 9.36 Å².